The average molecular weight is 706 g/mol. The minimum absolute atomic E-state index is 0. The first-order valence-electron chi connectivity index (χ1n) is 13.1. The number of allylic oxidation sites excluding steroid dienone is 8. The third kappa shape index (κ3) is 6.73. The third-order valence-electron chi connectivity index (χ3n) is 7.60. The van der Waals surface area contributed by atoms with E-state index in [0.717, 1.165) is 0 Å². The Labute approximate surface area is 234 Å². The molecule has 0 radical (unpaired) electrons. The Balaban J connectivity index is 0.00000228. The SMILES string of the molecule is CC(C)CC1=CC(c2ccccc2)=[C]([Hf]([CH3])([CH3])(=[SiH2])[C]2=C(c3ccccc3)C=C(CC(C)C)C2)C1.Cl.Cl. The predicted molar refractivity (Wildman–Crippen MR) is 166 cm³/mol. The number of hydrogen-bond donors (Lipinski definition) is 0. The van der Waals surface area contributed by atoms with Gasteiger partial charge < -0.3 is 0 Å². The molecule has 0 fully saturated rings. The van der Waals surface area contributed by atoms with E-state index in [1.165, 1.54) is 36.8 Å². The Kier molecular flexibility index (Phi) is 10.7. The third-order valence-corrected chi connectivity index (χ3v) is 31.7. The first-order chi connectivity index (χ1) is 16.0. The van der Waals surface area contributed by atoms with Crippen LogP contribution in [0.5, 0.6) is 0 Å². The van der Waals surface area contributed by atoms with Gasteiger partial charge in [-0.05, 0) is 0 Å². The van der Waals surface area contributed by atoms with Crippen LogP contribution in [0, 0.1) is 11.8 Å². The molecule has 194 valence electrons. The van der Waals surface area contributed by atoms with Crippen molar-refractivity contribution < 1.29 is 17.1 Å². The number of halogens is 2. The zero-order valence-electron chi connectivity index (χ0n) is 22.9. The van der Waals surface area contributed by atoms with Gasteiger partial charge in [0.05, 0.1) is 0 Å². The van der Waals surface area contributed by atoms with Gasteiger partial charge in [0, 0.05) is 0 Å². The van der Waals surface area contributed by atoms with E-state index in [0.29, 0.717) is 11.8 Å². The van der Waals surface area contributed by atoms with Gasteiger partial charge in [0.2, 0.25) is 0 Å². The fourth-order valence-corrected chi connectivity index (χ4v) is 25.9. The van der Waals surface area contributed by atoms with Crippen molar-refractivity contribution in [2.24, 2.45) is 11.8 Å². The van der Waals surface area contributed by atoms with Crippen LogP contribution in [0.4, 0.5) is 0 Å². The molecule has 0 aromatic heterocycles. The molecule has 0 heterocycles. The topological polar surface area (TPSA) is 0 Å². The van der Waals surface area contributed by atoms with Gasteiger partial charge in [0.15, 0.2) is 0 Å². The molecular weight excluding hydrogens is 662 g/mol. The van der Waals surface area contributed by atoms with E-state index in [1.807, 2.05) is 0 Å². The van der Waals surface area contributed by atoms with Gasteiger partial charge in [0.1, 0.15) is 0 Å². The minimum atomic E-state index is -3.62. The molecule has 2 aromatic carbocycles. The zero-order valence-corrected chi connectivity index (χ0v) is 29.6. The second-order valence-electron chi connectivity index (χ2n) is 12.4. The summed E-state index contributed by atoms with van der Waals surface area (Å²) in [7, 11) is 0. The minimum Gasteiger partial charge on any atom is -0.147 e. The largest absolute Gasteiger partial charge is 0.147 e. The monoisotopic (exact) mass is 706 g/mol. The van der Waals surface area contributed by atoms with Crippen LogP contribution in [0.3, 0.4) is 0 Å². The van der Waals surface area contributed by atoms with Gasteiger partial charge in [-0.3, -0.25) is 0 Å². The fraction of sp³-hybridized carbons (Fsp3) is 0.375. The van der Waals surface area contributed by atoms with Crippen LogP contribution in [-0.4, -0.2) is 6.94 Å². The molecule has 0 atom stereocenters. The van der Waals surface area contributed by atoms with Crippen molar-refractivity contribution in [3.63, 3.8) is 0 Å². The first kappa shape index (κ1) is 31.3. The molecule has 2 aliphatic carbocycles. The molecule has 0 saturated heterocycles. The van der Waals surface area contributed by atoms with E-state index in [-0.39, 0.29) is 24.8 Å². The van der Waals surface area contributed by atoms with Crippen LogP contribution in [-0.2, 0) is 17.1 Å². The Morgan fingerprint density at radius 2 is 0.972 bits per heavy atom. The van der Waals surface area contributed by atoms with Gasteiger partial charge in [-0.15, -0.1) is 24.8 Å². The molecule has 0 bridgehead atoms. The molecule has 36 heavy (non-hydrogen) atoms. The molecule has 4 rings (SSSR count). The normalized spacial score (nSPS) is 16.2. The molecule has 0 saturated carbocycles. The average Bonchev–Trinajstić information content (AvgIpc) is 3.40. The molecule has 0 spiro atoms. The quantitative estimate of drug-likeness (QED) is 0.240. The van der Waals surface area contributed by atoms with Gasteiger partial charge >= 0.3 is 212 Å². The van der Waals surface area contributed by atoms with E-state index in [9.17, 15) is 0 Å². The Morgan fingerprint density at radius 3 is 1.28 bits per heavy atom. The summed E-state index contributed by atoms with van der Waals surface area (Å²) < 4.78 is 9.06. The Hall–Kier alpha value is -0.933. The van der Waals surface area contributed by atoms with Crippen molar-refractivity contribution in [3.8, 4) is 0 Å². The molecule has 0 unspecified atom stereocenters. The summed E-state index contributed by atoms with van der Waals surface area (Å²) in [5.41, 5.74) is 9.18. The molecular formula is C32H44Cl2HfSi. The summed E-state index contributed by atoms with van der Waals surface area (Å²) in [4.78, 5) is 0. The standard InChI is InChI=1S/2C15H17.2CH3.2ClH.Hf.H2Si/c2*1-12(2)10-13-8-9-15(11-13)14-6-4-3-5-7-14;;;;;;/h2*3-7,11-12H,8,10H2,1-2H3;2*1H3;2*1H;;1H2. The van der Waals surface area contributed by atoms with E-state index in [4.69, 9.17) is 0 Å². The second-order valence-corrected chi connectivity index (χ2v) is 53.4. The van der Waals surface area contributed by atoms with E-state index >= 15 is 0 Å². The van der Waals surface area contributed by atoms with Gasteiger partial charge in [0.25, 0.3) is 0 Å². The smallest absolute Gasteiger partial charge is 0.147 e. The van der Waals surface area contributed by atoms with Gasteiger partial charge in [-0.25, -0.2) is 0 Å². The maximum Gasteiger partial charge on any atom is -0.147 e. The van der Waals surface area contributed by atoms with Crippen LogP contribution < -0.4 is 0 Å². The maximum atomic E-state index is 2.73. The number of hydrogen-bond acceptors (Lipinski definition) is 0. The van der Waals surface area contributed by atoms with E-state index in [1.54, 1.807) is 29.0 Å². The van der Waals surface area contributed by atoms with E-state index in [2.05, 4.69) is 117 Å². The maximum absolute atomic E-state index is 3.62. The molecule has 2 aliphatic rings. The van der Waals surface area contributed by atoms with Crippen LogP contribution in [0.25, 0.3) is 11.1 Å². The van der Waals surface area contributed by atoms with Gasteiger partial charge in [-0.2, -0.15) is 0 Å². The van der Waals surface area contributed by atoms with Gasteiger partial charge in [-0.1, -0.05) is 0 Å². The fourth-order valence-electron chi connectivity index (χ4n) is 6.00. The van der Waals surface area contributed by atoms with Crippen molar-refractivity contribution >= 4 is 42.9 Å². The summed E-state index contributed by atoms with van der Waals surface area (Å²) in [6.45, 7) is 11.9. The van der Waals surface area contributed by atoms with Crippen molar-refractivity contribution in [1.82, 2.24) is 0 Å². The van der Waals surface area contributed by atoms with Crippen LogP contribution in [0.15, 0.2) is 90.6 Å². The first-order valence-corrected chi connectivity index (χ1v) is 32.2. The molecule has 0 N–H and O–H groups in total. The summed E-state index contributed by atoms with van der Waals surface area (Å²) in [6, 6.07) is 22.4. The summed E-state index contributed by atoms with van der Waals surface area (Å²) in [6.07, 6.45) is 9.91. The summed E-state index contributed by atoms with van der Waals surface area (Å²) in [5, 5.41) is 0. The van der Waals surface area contributed by atoms with E-state index < -0.39 is 17.1 Å². The van der Waals surface area contributed by atoms with Crippen LogP contribution in [0.2, 0.25) is 9.36 Å². The van der Waals surface area contributed by atoms with Crippen LogP contribution >= 0.6 is 24.8 Å². The zero-order chi connectivity index (χ0) is 24.5. The van der Waals surface area contributed by atoms with Crippen molar-refractivity contribution in [2.75, 3.05) is 0 Å². The molecule has 0 amide bonds. The summed E-state index contributed by atoms with van der Waals surface area (Å²) in [5.74, 6) is 1.39. The van der Waals surface area contributed by atoms with Crippen molar-refractivity contribution in [2.45, 2.75) is 62.7 Å². The Bertz CT molecular complexity index is 1160. The molecule has 4 heteroatoms. The molecule has 0 aliphatic heterocycles. The predicted octanol–water partition coefficient (Wildman–Crippen LogP) is 9.74. The van der Waals surface area contributed by atoms with Crippen LogP contribution in [0.1, 0.15) is 64.5 Å². The number of rotatable bonds is 8. The van der Waals surface area contributed by atoms with Crippen molar-refractivity contribution in [3.05, 3.63) is 102 Å². The molecule has 2 aromatic rings. The molecule has 0 nitrogen and oxygen atoms in total. The number of benzene rings is 2. The second kappa shape index (κ2) is 12.3. The summed E-state index contributed by atoms with van der Waals surface area (Å²) >= 11 is -3.62. The van der Waals surface area contributed by atoms with Crippen molar-refractivity contribution in [1.29, 1.82) is 0 Å². The Morgan fingerprint density at radius 1 is 0.639 bits per heavy atom.